The average molecular weight is 181 g/mol. The van der Waals surface area contributed by atoms with Gasteiger partial charge in [0, 0.05) is 19.2 Å². The van der Waals surface area contributed by atoms with E-state index in [2.05, 4.69) is 10.3 Å². The third-order valence-electron chi connectivity index (χ3n) is 1.61. The van der Waals surface area contributed by atoms with E-state index in [1.807, 2.05) is 19.1 Å². The molecule has 0 saturated carbocycles. The van der Waals surface area contributed by atoms with Crippen LogP contribution in [0.3, 0.4) is 0 Å². The van der Waals surface area contributed by atoms with Gasteiger partial charge < -0.3 is 15.8 Å². The van der Waals surface area contributed by atoms with E-state index >= 15 is 0 Å². The molecule has 0 spiro atoms. The molecule has 4 heteroatoms. The first-order valence-corrected chi connectivity index (χ1v) is 4.23. The third-order valence-corrected chi connectivity index (χ3v) is 1.61. The van der Waals surface area contributed by atoms with Crippen LogP contribution in [-0.4, -0.2) is 25.2 Å². The molecule has 4 nitrogen and oxygen atoms in total. The Hall–Kier alpha value is -1.29. The topological polar surface area (TPSA) is 60.2 Å². The summed E-state index contributed by atoms with van der Waals surface area (Å²) < 4.78 is 5.03. The van der Waals surface area contributed by atoms with Gasteiger partial charge in [-0.15, -0.1) is 0 Å². The highest BCUT2D eigenvalue weighted by Crippen LogP contribution is 2.14. The van der Waals surface area contributed by atoms with Crippen molar-refractivity contribution in [3.05, 3.63) is 17.7 Å². The van der Waals surface area contributed by atoms with Crippen LogP contribution in [0.4, 0.5) is 5.82 Å². The predicted molar refractivity (Wildman–Crippen MR) is 53.1 cm³/mol. The maximum absolute atomic E-state index is 5.36. The maximum Gasteiger partial charge on any atom is 0.215 e. The highest BCUT2D eigenvalue weighted by Gasteiger charge is 1.98. The van der Waals surface area contributed by atoms with E-state index in [1.54, 1.807) is 7.11 Å². The Labute approximate surface area is 78.1 Å². The normalized spacial score (nSPS) is 9.77. The second-order valence-electron chi connectivity index (χ2n) is 2.79. The molecule has 0 fully saturated rings. The molecule has 1 aromatic heterocycles. The van der Waals surface area contributed by atoms with Gasteiger partial charge in [-0.2, -0.15) is 4.98 Å². The van der Waals surface area contributed by atoms with Crippen molar-refractivity contribution in [3.63, 3.8) is 0 Å². The molecule has 0 aliphatic carbocycles. The van der Waals surface area contributed by atoms with Crippen LogP contribution in [0, 0.1) is 6.92 Å². The molecule has 1 rings (SSSR count). The summed E-state index contributed by atoms with van der Waals surface area (Å²) in [6.07, 6.45) is 0. The summed E-state index contributed by atoms with van der Waals surface area (Å²) in [5, 5.41) is 3.09. The van der Waals surface area contributed by atoms with Gasteiger partial charge in [0.15, 0.2) is 0 Å². The van der Waals surface area contributed by atoms with Crippen LogP contribution in [0.2, 0.25) is 0 Å². The average Bonchev–Trinajstić information content (AvgIpc) is 2.14. The molecular formula is C9H15N3O. The molecule has 13 heavy (non-hydrogen) atoms. The van der Waals surface area contributed by atoms with Crippen LogP contribution in [0.15, 0.2) is 12.1 Å². The van der Waals surface area contributed by atoms with E-state index < -0.39 is 0 Å². The fraction of sp³-hybridized carbons (Fsp3) is 0.444. The molecule has 0 radical (unpaired) electrons. The Balaban J connectivity index is 2.76. The zero-order valence-electron chi connectivity index (χ0n) is 8.00. The van der Waals surface area contributed by atoms with Gasteiger partial charge in [0.05, 0.1) is 7.11 Å². The third kappa shape index (κ3) is 2.91. The summed E-state index contributed by atoms with van der Waals surface area (Å²) >= 11 is 0. The quantitative estimate of drug-likeness (QED) is 0.720. The fourth-order valence-corrected chi connectivity index (χ4v) is 1.03. The molecular weight excluding hydrogens is 166 g/mol. The molecule has 0 atom stereocenters. The predicted octanol–water partition coefficient (Wildman–Crippen LogP) is 0.769. The van der Waals surface area contributed by atoms with Gasteiger partial charge in [-0.05, 0) is 18.6 Å². The van der Waals surface area contributed by atoms with Crippen molar-refractivity contribution in [1.29, 1.82) is 0 Å². The smallest absolute Gasteiger partial charge is 0.215 e. The first-order chi connectivity index (χ1) is 6.26. The zero-order valence-corrected chi connectivity index (χ0v) is 8.00. The van der Waals surface area contributed by atoms with Crippen molar-refractivity contribution in [3.8, 4) is 5.88 Å². The number of methoxy groups -OCH3 is 1. The number of aromatic nitrogens is 1. The number of hydrogen-bond donors (Lipinski definition) is 2. The van der Waals surface area contributed by atoms with Crippen LogP contribution in [0.25, 0.3) is 0 Å². The minimum Gasteiger partial charge on any atom is -0.481 e. The first-order valence-electron chi connectivity index (χ1n) is 4.23. The number of hydrogen-bond acceptors (Lipinski definition) is 4. The molecule has 72 valence electrons. The van der Waals surface area contributed by atoms with Crippen molar-refractivity contribution >= 4 is 5.82 Å². The van der Waals surface area contributed by atoms with E-state index in [4.69, 9.17) is 10.5 Å². The number of nitrogens with one attached hydrogen (secondary N) is 1. The summed E-state index contributed by atoms with van der Waals surface area (Å²) in [5.41, 5.74) is 6.48. The molecule has 1 heterocycles. The van der Waals surface area contributed by atoms with Gasteiger partial charge in [0.1, 0.15) is 5.82 Å². The SMILES string of the molecule is COc1cc(C)cc(NCCN)n1. The minimum absolute atomic E-state index is 0.595. The minimum atomic E-state index is 0.595. The molecule has 1 aromatic rings. The first kappa shape index (κ1) is 9.80. The number of pyridine rings is 1. The van der Waals surface area contributed by atoms with Crippen LogP contribution in [-0.2, 0) is 0 Å². The summed E-state index contributed by atoms with van der Waals surface area (Å²) in [5.74, 6) is 1.43. The Morgan fingerprint density at radius 3 is 2.92 bits per heavy atom. The molecule has 0 aliphatic rings. The number of nitrogens with zero attached hydrogens (tertiary/aromatic N) is 1. The lowest BCUT2D eigenvalue weighted by Gasteiger charge is -2.06. The Kier molecular flexibility index (Phi) is 3.52. The number of rotatable bonds is 4. The van der Waals surface area contributed by atoms with E-state index in [-0.39, 0.29) is 0 Å². The van der Waals surface area contributed by atoms with Crippen LogP contribution >= 0.6 is 0 Å². The lowest BCUT2D eigenvalue weighted by Crippen LogP contribution is -2.14. The van der Waals surface area contributed by atoms with Crippen molar-refractivity contribution < 1.29 is 4.74 Å². The second-order valence-corrected chi connectivity index (χ2v) is 2.79. The molecule has 0 aliphatic heterocycles. The van der Waals surface area contributed by atoms with E-state index in [1.165, 1.54) is 0 Å². The van der Waals surface area contributed by atoms with E-state index in [0.29, 0.717) is 12.4 Å². The lowest BCUT2D eigenvalue weighted by molar-refractivity contribution is 0.398. The highest BCUT2D eigenvalue weighted by atomic mass is 16.5. The molecule has 0 bridgehead atoms. The van der Waals surface area contributed by atoms with Gasteiger partial charge in [0.2, 0.25) is 5.88 Å². The number of nitrogens with two attached hydrogens (primary N) is 1. The summed E-state index contributed by atoms with van der Waals surface area (Å²) in [6.45, 7) is 3.31. The van der Waals surface area contributed by atoms with Crippen molar-refractivity contribution in [1.82, 2.24) is 4.98 Å². The van der Waals surface area contributed by atoms with Crippen molar-refractivity contribution in [2.75, 3.05) is 25.5 Å². The van der Waals surface area contributed by atoms with Gasteiger partial charge in [0.25, 0.3) is 0 Å². The number of aryl methyl sites for hydroxylation is 1. The summed E-state index contributed by atoms with van der Waals surface area (Å²) in [4.78, 5) is 4.20. The summed E-state index contributed by atoms with van der Waals surface area (Å²) in [6, 6.07) is 3.84. The van der Waals surface area contributed by atoms with Gasteiger partial charge in [-0.25, -0.2) is 0 Å². The molecule has 0 amide bonds. The molecule has 0 saturated heterocycles. The van der Waals surface area contributed by atoms with E-state index in [9.17, 15) is 0 Å². The van der Waals surface area contributed by atoms with E-state index in [0.717, 1.165) is 17.9 Å². The van der Waals surface area contributed by atoms with Gasteiger partial charge in [-0.1, -0.05) is 0 Å². The van der Waals surface area contributed by atoms with Crippen molar-refractivity contribution in [2.45, 2.75) is 6.92 Å². The molecule has 0 unspecified atom stereocenters. The summed E-state index contributed by atoms with van der Waals surface area (Å²) in [7, 11) is 1.61. The number of ether oxygens (including phenoxy) is 1. The Bertz CT molecular complexity index is 276. The second kappa shape index (κ2) is 4.67. The molecule has 0 aromatic carbocycles. The maximum atomic E-state index is 5.36. The Morgan fingerprint density at radius 1 is 1.54 bits per heavy atom. The van der Waals surface area contributed by atoms with Crippen LogP contribution in [0.1, 0.15) is 5.56 Å². The Morgan fingerprint density at radius 2 is 2.31 bits per heavy atom. The van der Waals surface area contributed by atoms with Gasteiger partial charge in [-0.3, -0.25) is 0 Å². The van der Waals surface area contributed by atoms with Crippen LogP contribution < -0.4 is 15.8 Å². The monoisotopic (exact) mass is 181 g/mol. The standard InChI is InChI=1S/C9H15N3O/c1-7-5-8(11-4-3-10)12-9(6-7)13-2/h5-6H,3-4,10H2,1-2H3,(H,11,12). The lowest BCUT2D eigenvalue weighted by atomic mass is 10.3. The largest absolute Gasteiger partial charge is 0.481 e. The van der Waals surface area contributed by atoms with Crippen molar-refractivity contribution in [2.24, 2.45) is 5.73 Å². The molecule has 3 N–H and O–H groups in total. The zero-order chi connectivity index (χ0) is 9.68. The highest BCUT2D eigenvalue weighted by molar-refractivity contribution is 5.40. The fourth-order valence-electron chi connectivity index (χ4n) is 1.03. The van der Waals surface area contributed by atoms with Crippen LogP contribution in [0.5, 0.6) is 5.88 Å². The van der Waals surface area contributed by atoms with Gasteiger partial charge >= 0.3 is 0 Å². The number of anilines is 1.